The third-order valence-electron chi connectivity index (χ3n) is 4.10. The number of benzene rings is 3. The lowest BCUT2D eigenvalue weighted by Crippen LogP contribution is -2.20. The Labute approximate surface area is 153 Å². The molecule has 0 fully saturated rings. The van der Waals surface area contributed by atoms with Crippen molar-refractivity contribution in [2.24, 2.45) is 10.2 Å². The van der Waals surface area contributed by atoms with Crippen LogP contribution in [0.2, 0.25) is 0 Å². The van der Waals surface area contributed by atoms with E-state index in [0.29, 0.717) is 0 Å². The van der Waals surface area contributed by atoms with Crippen LogP contribution in [0.3, 0.4) is 0 Å². The number of rotatable bonds is 6. The van der Waals surface area contributed by atoms with E-state index in [2.05, 4.69) is 15.5 Å². The Hall–Kier alpha value is -3.27. The molecular formula is C22H21N3O. The second-order valence-corrected chi connectivity index (χ2v) is 5.94. The summed E-state index contributed by atoms with van der Waals surface area (Å²) in [7, 11) is 0. The topological polar surface area (TPSA) is 53.8 Å². The third-order valence-corrected chi connectivity index (χ3v) is 4.10. The molecule has 4 heteroatoms. The second-order valence-electron chi connectivity index (χ2n) is 5.94. The first-order valence-electron chi connectivity index (χ1n) is 8.69. The van der Waals surface area contributed by atoms with Gasteiger partial charge in [0.15, 0.2) is 0 Å². The Bertz CT molecular complexity index is 859. The number of azo groups is 1. The molecule has 26 heavy (non-hydrogen) atoms. The molecule has 1 atom stereocenters. The number of nitrogens with zero attached hydrogens (tertiary/aromatic N) is 2. The minimum Gasteiger partial charge on any atom is -0.326 e. The average molecular weight is 343 g/mol. The number of carbonyl (C=O) groups is 1. The van der Waals surface area contributed by atoms with Gasteiger partial charge in [0.1, 0.15) is 0 Å². The van der Waals surface area contributed by atoms with Crippen molar-refractivity contribution in [2.75, 3.05) is 5.32 Å². The Balaban J connectivity index is 1.65. The standard InChI is InChI=1S/C22H21N3O/c1-2-21(17-9-5-3-6-10-17)22(26)23-18-13-15-20(16-14-18)25-24-19-11-7-4-8-12-19/h3-16,21H,2H2,1H3,(H,23,26). The molecule has 0 aliphatic heterocycles. The average Bonchev–Trinajstić information content (AvgIpc) is 2.70. The lowest BCUT2D eigenvalue weighted by molar-refractivity contribution is -0.117. The zero-order valence-corrected chi connectivity index (χ0v) is 14.7. The normalized spacial score (nSPS) is 12.0. The summed E-state index contributed by atoms with van der Waals surface area (Å²) < 4.78 is 0. The van der Waals surface area contributed by atoms with Gasteiger partial charge in [0.25, 0.3) is 0 Å². The highest BCUT2D eigenvalue weighted by Crippen LogP contribution is 2.23. The van der Waals surface area contributed by atoms with Crippen LogP contribution in [0, 0.1) is 0 Å². The summed E-state index contributed by atoms with van der Waals surface area (Å²) in [5, 5.41) is 11.4. The number of anilines is 1. The highest BCUT2D eigenvalue weighted by Gasteiger charge is 2.18. The van der Waals surface area contributed by atoms with E-state index < -0.39 is 0 Å². The van der Waals surface area contributed by atoms with Gasteiger partial charge in [-0.25, -0.2) is 0 Å². The second kappa shape index (κ2) is 8.72. The maximum atomic E-state index is 12.6. The van der Waals surface area contributed by atoms with E-state index in [1.54, 1.807) is 0 Å². The summed E-state index contributed by atoms with van der Waals surface area (Å²) >= 11 is 0. The van der Waals surface area contributed by atoms with Crippen molar-refractivity contribution in [3.8, 4) is 0 Å². The van der Waals surface area contributed by atoms with E-state index >= 15 is 0 Å². The summed E-state index contributed by atoms with van der Waals surface area (Å²) in [5.41, 5.74) is 3.32. The van der Waals surface area contributed by atoms with Gasteiger partial charge in [0.05, 0.1) is 17.3 Å². The van der Waals surface area contributed by atoms with E-state index in [1.807, 2.05) is 91.9 Å². The van der Waals surface area contributed by atoms with E-state index in [1.165, 1.54) is 0 Å². The van der Waals surface area contributed by atoms with Crippen LogP contribution < -0.4 is 5.32 Å². The van der Waals surface area contributed by atoms with Gasteiger partial charge >= 0.3 is 0 Å². The Morgan fingerprint density at radius 1 is 0.808 bits per heavy atom. The molecule has 4 nitrogen and oxygen atoms in total. The fourth-order valence-corrected chi connectivity index (χ4v) is 2.71. The molecule has 0 saturated heterocycles. The Morgan fingerprint density at radius 2 is 1.35 bits per heavy atom. The quantitative estimate of drug-likeness (QED) is 0.530. The van der Waals surface area contributed by atoms with Crippen molar-refractivity contribution < 1.29 is 4.79 Å². The molecule has 1 unspecified atom stereocenters. The Morgan fingerprint density at radius 3 is 1.92 bits per heavy atom. The highest BCUT2D eigenvalue weighted by molar-refractivity contribution is 5.95. The molecule has 3 aromatic carbocycles. The molecule has 1 amide bonds. The minimum absolute atomic E-state index is 0.00244. The first-order valence-corrected chi connectivity index (χ1v) is 8.69. The highest BCUT2D eigenvalue weighted by atomic mass is 16.1. The summed E-state index contributed by atoms with van der Waals surface area (Å²) in [6.07, 6.45) is 0.749. The van der Waals surface area contributed by atoms with Crippen LogP contribution in [-0.2, 0) is 4.79 Å². The molecule has 3 rings (SSSR count). The van der Waals surface area contributed by atoms with Crippen LogP contribution in [-0.4, -0.2) is 5.91 Å². The SMILES string of the molecule is CCC(C(=O)Nc1ccc(N=Nc2ccccc2)cc1)c1ccccc1. The molecule has 0 aliphatic carbocycles. The van der Waals surface area contributed by atoms with Gasteiger partial charge in [-0.15, -0.1) is 0 Å². The molecule has 0 bridgehead atoms. The lowest BCUT2D eigenvalue weighted by Gasteiger charge is -2.15. The summed E-state index contributed by atoms with van der Waals surface area (Å²) in [6.45, 7) is 2.02. The van der Waals surface area contributed by atoms with Gasteiger partial charge < -0.3 is 5.32 Å². The number of amides is 1. The monoisotopic (exact) mass is 343 g/mol. The molecule has 0 aromatic heterocycles. The molecule has 0 spiro atoms. The summed E-state index contributed by atoms with van der Waals surface area (Å²) in [5.74, 6) is -0.161. The summed E-state index contributed by atoms with van der Waals surface area (Å²) in [6, 6.07) is 26.8. The van der Waals surface area contributed by atoms with Crippen LogP contribution in [0.15, 0.2) is 95.2 Å². The van der Waals surface area contributed by atoms with Crippen molar-refractivity contribution in [1.82, 2.24) is 0 Å². The van der Waals surface area contributed by atoms with E-state index in [4.69, 9.17) is 0 Å². The molecule has 0 aliphatic rings. The van der Waals surface area contributed by atoms with E-state index in [-0.39, 0.29) is 11.8 Å². The van der Waals surface area contributed by atoms with Crippen LogP contribution in [0.25, 0.3) is 0 Å². The van der Waals surface area contributed by atoms with Crippen molar-refractivity contribution in [1.29, 1.82) is 0 Å². The maximum Gasteiger partial charge on any atom is 0.231 e. The van der Waals surface area contributed by atoms with Crippen molar-refractivity contribution in [3.63, 3.8) is 0 Å². The van der Waals surface area contributed by atoms with Crippen molar-refractivity contribution in [3.05, 3.63) is 90.5 Å². The largest absolute Gasteiger partial charge is 0.326 e. The van der Waals surface area contributed by atoms with Crippen LogP contribution in [0.1, 0.15) is 24.8 Å². The molecule has 0 radical (unpaired) electrons. The lowest BCUT2D eigenvalue weighted by atomic mass is 9.95. The van der Waals surface area contributed by atoms with Gasteiger partial charge in [0.2, 0.25) is 5.91 Å². The van der Waals surface area contributed by atoms with Crippen LogP contribution in [0.5, 0.6) is 0 Å². The van der Waals surface area contributed by atoms with E-state index in [9.17, 15) is 4.79 Å². The van der Waals surface area contributed by atoms with Crippen molar-refractivity contribution in [2.45, 2.75) is 19.3 Å². The maximum absolute atomic E-state index is 12.6. The number of carbonyl (C=O) groups excluding carboxylic acids is 1. The first kappa shape index (κ1) is 17.5. The van der Waals surface area contributed by atoms with Gasteiger partial charge in [-0.3, -0.25) is 4.79 Å². The minimum atomic E-state index is -0.159. The Kier molecular flexibility index (Phi) is 5.88. The molecule has 0 saturated carbocycles. The van der Waals surface area contributed by atoms with Gasteiger partial charge in [-0.1, -0.05) is 55.5 Å². The molecule has 1 N–H and O–H groups in total. The predicted molar refractivity (Wildman–Crippen MR) is 105 cm³/mol. The number of hydrogen-bond donors (Lipinski definition) is 1. The number of hydrogen-bond acceptors (Lipinski definition) is 3. The first-order chi connectivity index (χ1) is 12.8. The zero-order chi connectivity index (χ0) is 18.2. The number of nitrogens with one attached hydrogen (secondary N) is 1. The fourth-order valence-electron chi connectivity index (χ4n) is 2.71. The predicted octanol–water partition coefficient (Wildman–Crippen LogP) is 6.23. The third kappa shape index (κ3) is 4.63. The zero-order valence-electron chi connectivity index (χ0n) is 14.7. The summed E-state index contributed by atoms with van der Waals surface area (Å²) in [4.78, 5) is 12.6. The molecule has 130 valence electrons. The molecule has 3 aromatic rings. The van der Waals surface area contributed by atoms with Gasteiger partial charge in [-0.2, -0.15) is 10.2 Å². The molecule has 0 heterocycles. The van der Waals surface area contributed by atoms with Crippen LogP contribution >= 0.6 is 0 Å². The van der Waals surface area contributed by atoms with Gasteiger partial charge in [-0.05, 0) is 48.4 Å². The van der Waals surface area contributed by atoms with Crippen LogP contribution in [0.4, 0.5) is 17.1 Å². The van der Waals surface area contributed by atoms with E-state index in [0.717, 1.165) is 29.0 Å². The van der Waals surface area contributed by atoms with Gasteiger partial charge in [0, 0.05) is 5.69 Å². The fraction of sp³-hybridized carbons (Fsp3) is 0.136. The molecular weight excluding hydrogens is 322 g/mol. The smallest absolute Gasteiger partial charge is 0.231 e. The van der Waals surface area contributed by atoms with Crippen molar-refractivity contribution >= 4 is 23.0 Å².